The third-order valence-electron chi connectivity index (χ3n) is 4.26. The quantitative estimate of drug-likeness (QED) is 0.884. The van der Waals surface area contributed by atoms with Gasteiger partial charge < -0.3 is 15.5 Å². The normalized spacial score (nSPS) is 17.3. The molecule has 1 aromatic heterocycles. The van der Waals surface area contributed by atoms with E-state index in [0.29, 0.717) is 12.6 Å². The van der Waals surface area contributed by atoms with Gasteiger partial charge in [0.2, 0.25) is 0 Å². The zero-order chi connectivity index (χ0) is 14.0. The lowest BCUT2D eigenvalue weighted by Crippen LogP contribution is -2.42. The second-order valence-electron chi connectivity index (χ2n) is 5.60. The Morgan fingerprint density at radius 3 is 2.37 bits per heavy atom. The van der Waals surface area contributed by atoms with Crippen LogP contribution >= 0.6 is 0 Å². The summed E-state index contributed by atoms with van der Waals surface area (Å²) >= 11 is 0. The fourth-order valence-electron chi connectivity index (χ4n) is 2.74. The Labute approximate surface area is 115 Å². The van der Waals surface area contributed by atoms with Gasteiger partial charge >= 0.3 is 0 Å². The van der Waals surface area contributed by atoms with E-state index >= 15 is 0 Å². The van der Waals surface area contributed by atoms with E-state index in [1.54, 1.807) is 0 Å². The smallest absolute Gasteiger partial charge is 0.156 e. The molecule has 1 saturated heterocycles. The number of aromatic nitrogens is 2. The second-order valence-corrected chi connectivity index (χ2v) is 5.60. The molecule has 0 unspecified atom stereocenters. The first-order chi connectivity index (χ1) is 9.04. The van der Waals surface area contributed by atoms with Gasteiger partial charge in [0.1, 0.15) is 0 Å². The van der Waals surface area contributed by atoms with Crippen molar-refractivity contribution in [1.29, 1.82) is 0 Å². The first-order valence-electron chi connectivity index (χ1n) is 6.98. The molecule has 106 valence electrons. The molecule has 0 aromatic carbocycles. The Morgan fingerprint density at radius 2 is 1.84 bits per heavy atom. The van der Waals surface area contributed by atoms with Crippen LogP contribution in [0.3, 0.4) is 0 Å². The Hall–Kier alpha value is -1.20. The molecular weight excluding hydrogens is 238 g/mol. The molecule has 0 aliphatic carbocycles. The zero-order valence-electron chi connectivity index (χ0n) is 12.5. The number of hydrogen-bond donors (Lipinski definition) is 1. The van der Waals surface area contributed by atoms with Crippen LogP contribution in [0.15, 0.2) is 0 Å². The highest BCUT2D eigenvalue weighted by Crippen LogP contribution is 2.25. The van der Waals surface area contributed by atoms with Crippen molar-refractivity contribution in [3.8, 4) is 0 Å². The average molecular weight is 263 g/mol. The Morgan fingerprint density at radius 1 is 1.21 bits per heavy atom. The number of piperidine rings is 1. The van der Waals surface area contributed by atoms with E-state index in [0.717, 1.165) is 30.2 Å². The Bertz CT molecular complexity index is 436. The first-order valence-corrected chi connectivity index (χ1v) is 6.98. The second kappa shape index (κ2) is 5.84. The number of anilines is 1. The van der Waals surface area contributed by atoms with Crippen molar-refractivity contribution in [3.05, 3.63) is 16.8 Å². The topological polar surface area (TPSA) is 58.3 Å². The highest BCUT2D eigenvalue weighted by Gasteiger charge is 2.24. The van der Waals surface area contributed by atoms with Crippen LogP contribution in [0.2, 0.25) is 0 Å². The van der Waals surface area contributed by atoms with Crippen LogP contribution < -0.4 is 10.6 Å². The van der Waals surface area contributed by atoms with E-state index in [9.17, 15) is 0 Å². The molecule has 0 radical (unpaired) electrons. The van der Waals surface area contributed by atoms with Crippen molar-refractivity contribution in [3.63, 3.8) is 0 Å². The Kier molecular flexibility index (Phi) is 4.37. The standard InChI is InChI=1S/C14H25N5/c1-10-11(2)16-17-14(13(10)9-15)19-7-5-12(6-8-19)18(3)4/h12H,5-9,15H2,1-4H3. The monoisotopic (exact) mass is 263 g/mol. The summed E-state index contributed by atoms with van der Waals surface area (Å²) < 4.78 is 0. The molecule has 0 atom stereocenters. The van der Waals surface area contributed by atoms with Crippen LogP contribution in [-0.4, -0.2) is 48.3 Å². The van der Waals surface area contributed by atoms with Crippen molar-refractivity contribution in [1.82, 2.24) is 15.1 Å². The van der Waals surface area contributed by atoms with Crippen molar-refractivity contribution in [2.75, 3.05) is 32.1 Å². The predicted molar refractivity (Wildman–Crippen MR) is 78.3 cm³/mol. The van der Waals surface area contributed by atoms with E-state index in [-0.39, 0.29) is 0 Å². The summed E-state index contributed by atoms with van der Waals surface area (Å²) in [5.74, 6) is 0.989. The van der Waals surface area contributed by atoms with Crippen LogP contribution in [0.4, 0.5) is 5.82 Å². The molecule has 5 heteroatoms. The summed E-state index contributed by atoms with van der Waals surface area (Å²) in [6.45, 7) is 6.68. The van der Waals surface area contributed by atoms with Gasteiger partial charge in [-0.1, -0.05) is 0 Å². The summed E-state index contributed by atoms with van der Waals surface area (Å²) in [6.07, 6.45) is 2.34. The van der Waals surface area contributed by atoms with Gasteiger partial charge in [0.15, 0.2) is 5.82 Å². The third kappa shape index (κ3) is 2.87. The molecule has 19 heavy (non-hydrogen) atoms. The van der Waals surface area contributed by atoms with E-state index in [1.165, 1.54) is 18.4 Å². The van der Waals surface area contributed by atoms with Crippen LogP contribution in [0.1, 0.15) is 29.7 Å². The van der Waals surface area contributed by atoms with Gasteiger partial charge in [-0.2, -0.15) is 5.10 Å². The van der Waals surface area contributed by atoms with Gasteiger partial charge in [0.05, 0.1) is 5.69 Å². The Balaban J connectivity index is 2.18. The zero-order valence-corrected chi connectivity index (χ0v) is 12.5. The van der Waals surface area contributed by atoms with Gasteiger partial charge in [-0.25, -0.2) is 0 Å². The lowest BCUT2D eigenvalue weighted by molar-refractivity contribution is 0.249. The van der Waals surface area contributed by atoms with Gasteiger partial charge in [0.25, 0.3) is 0 Å². The first kappa shape index (κ1) is 14.2. The van der Waals surface area contributed by atoms with Crippen LogP contribution in [0.5, 0.6) is 0 Å². The molecule has 0 spiro atoms. The van der Waals surface area contributed by atoms with E-state index in [4.69, 9.17) is 5.73 Å². The van der Waals surface area contributed by atoms with E-state index in [2.05, 4.69) is 41.0 Å². The van der Waals surface area contributed by atoms with Crippen molar-refractivity contribution >= 4 is 5.82 Å². The van der Waals surface area contributed by atoms with Crippen molar-refractivity contribution < 1.29 is 0 Å². The summed E-state index contributed by atoms with van der Waals surface area (Å²) in [6, 6.07) is 0.678. The van der Waals surface area contributed by atoms with Gasteiger partial charge in [-0.3, -0.25) is 0 Å². The molecule has 1 aliphatic heterocycles. The molecular formula is C14H25N5. The minimum Gasteiger partial charge on any atom is -0.355 e. The van der Waals surface area contributed by atoms with Gasteiger partial charge in [0, 0.05) is 31.2 Å². The minimum atomic E-state index is 0.533. The predicted octanol–water partition coefficient (Wildman–Crippen LogP) is 1.08. The van der Waals surface area contributed by atoms with Crippen LogP contribution in [0, 0.1) is 13.8 Å². The van der Waals surface area contributed by atoms with Gasteiger partial charge in [-0.05, 0) is 46.3 Å². The SMILES string of the molecule is Cc1nnc(N2CCC(N(C)C)CC2)c(CN)c1C. The molecule has 0 bridgehead atoms. The molecule has 2 N–H and O–H groups in total. The summed E-state index contributed by atoms with van der Waals surface area (Å²) in [4.78, 5) is 4.65. The van der Waals surface area contributed by atoms with Crippen molar-refractivity contribution in [2.24, 2.45) is 5.73 Å². The fraction of sp³-hybridized carbons (Fsp3) is 0.714. The highest BCUT2D eigenvalue weighted by atomic mass is 15.3. The minimum absolute atomic E-state index is 0.533. The van der Waals surface area contributed by atoms with Crippen LogP contribution in [-0.2, 0) is 6.54 Å². The van der Waals surface area contributed by atoms with Crippen molar-refractivity contribution in [2.45, 2.75) is 39.3 Å². The number of aryl methyl sites for hydroxylation is 1. The number of hydrogen-bond acceptors (Lipinski definition) is 5. The molecule has 0 amide bonds. The molecule has 1 aliphatic rings. The largest absolute Gasteiger partial charge is 0.355 e. The fourth-order valence-corrected chi connectivity index (χ4v) is 2.74. The average Bonchev–Trinajstić information content (AvgIpc) is 2.41. The molecule has 0 saturated carbocycles. The molecule has 1 aromatic rings. The summed E-state index contributed by atoms with van der Waals surface area (Å²) in [7, 11) is 4.31. The molecule has 1 fully saturated rings. The maximum atomic E-state index is 5.90. The molecule has 2 rings (SSSR count). The van der Waals surface area contributed by atoms with Gasteiger partial charge in [-0.15, -0.1) is 5.10 Å². The summed E-state index contributed by atoms with van der Waals surface area (Å²) in [5, 5.41) is 8.64. The maximum absolute atomic E-state index is 5.90. The number of nitrogens with zero attached hydrogens (tertiary/aromatic N) is 4. The van der Waals surface area contributed by atoms with Crippen LogP contribution in [0.25, 0.3) is 0 Å². The lowest BCUT2D eigenvalue weighted by atomic mass is 10.0. The lowest BCUT2D eigenvalue weighted by Gasteiger charge is -2.36. The molecule has 2 heterocycles. The number of rotatable bonds is 3. The summed E-state index contributed by atoms with van der Waals surface area (Å²) in [5.41, 5.74) is 9.21. The molecule has 5 nitrogen and oxygen atoms in total. The third-order valence-corrected chi connectivity index (χ3v) is 4.26. The maximum Gasteiger partial charge on any atom is 0.156 e. The van der Waals surface area contributed by atoms with E-state index in [1.807, 2.05) is 6.92 Å². The van der Waals surface area contributed by atoms with E-state index < -0.39 is 0 Å². The number of nitrogens with two attached hydrogens (primary N) is 1. The highest BCUT2D eigenvalue weighted by molar-refractivity contribution is 5.51.